The summed E-state index contributed by atoms with van der Waals surface area (Å²) in [5.74, 6) is -0.599. The maximum atomic E-state index is 12.6. The molecule has 4 aromatic rings. The largest absolute Gasteiger partial charge is 0.343 e. The third kappa shape index (κ3) is 4.67. The van der Waals surface area contributed by atoms with E-state index in [1.807, 2.05) is 72.8 Å². The van der Waals surface area contributed by atoms with Gasteiger partial charge in [-0.25, -0.2) is 0 Å². The lowest BCUT2D eigenvalue weighted by Gasteiger charge is -2.12. The number of pyridine rings is 1. The van der Waals surface area contributed by atoms with Crippen LogP contribution < -0.4 is 10.6 Å². The number of rotatable bonds is 6. The molecule has 6 heteroatoms. The van der Waals surface area contributed by atoms with Gasteiger partial charge in [-0.05, 0) is 41.8 Å². The predicted octanol–water partition coefficient (Wildman–Crippen LogP) is 4.75. The van der Waals surface area contributed by atoms with Crippen molar-refractivity contribution in [1.29, 1.82) is 0 Å². The van der Waals surface area contributed by atoms with Gasteiger partial charge in [-0.1, -0.05) is 54.2 Å². The first-order chi connectivity index (χ1) is 14.7. The highest BCUT2D eigenvalue weighted by Crippen LogP contribution is 2.33. The summed E-state index contributed by atoms with van der Waals surface area (Å²) in [6.45, 7) is -0.125. The number of carbonyl (C=O) groups excluding carboxylic acids is 2. The summed E-state index contributed by atoms with van der Waals surface area (Å²) in [5, 5.41) is 7.26. The molecule has 4 rings (SSSR count). The molecule has 0 aliphatic rings. The van der Waals surface area contributed by atoms with Gasteiger partial charge in [0.2, 0.25) is 5.91 Å². The van der Waals surface area contributed by atoms with Crippen LogP contribution >= 0.6 is 11.8 Å². The highest BCUT2D eigenvalue weighted by molar-refractivity contribution is 7.99. The molecule has 0 aliphatic carbocycles. The Morgan fingerprint density at radius 2 is 1.67 bits per heavy atom. The van der Waals surface area contributed by atoms with E-state index in [1.54, 1.807) is 30.2 Å². The molecule has 0 unspecified atom stereocenters. The highest BCUT2D eigenvalue weighted by Gasteiger charge is 2.13. The van der Waals surface area contributed by atoms with Crippen molar-refractivity contribution in [2.24, 2.45) is 0 Å². The molecule has 148 valence electrons. The summed E-state index contributed by atoms with van der Waals surface area (Å²) in [6, 6.07) is 24.8. The zero-order valence-electron chi connectivity index (χ0n) is 16.0. The fraction of sp³-hybridized carbons (Fsp3) is 0.0417. The fourth-order valence-corrected chi connectivity index (χ4v) is 3.96. The first-order valence-electron chi connectivity index (χ1n) is 9.43. The van der Waals surface area contributed by atoms with Crippen LogP contribution in [0.25, 0.3) is 10.8 Å². The van der Waals surface area contributed by atoms with Gasteiger partial charge in [0.1, 0.15) is 0 Å². The number of hydrogen-bond acceptors (Lipinski definition) is 4. The maximum Gasteiger partial charge on any atom is 0.252 e. The lowest BCUT2D eigenvalue weighted by Crippen LogP contribution is -2.33. The van der Waals surface area contributed by atoms with Crippen LogP contribution in [0.2, 0.25) is 0 Å². The van der Waals surface area contributed by atoms with Crippen molar-refractivity contribution in [1.82, 2.24) is 10.3 Å². The van der Waals surface area contributed by atoms with Crippen molar-refractivity contribution in [2.45, 2.75) is 9.79 Å². The highest BCUT2D eigenvalue weighted by atomic mass is 32.2. The minimum absolute atomic E-state index is 0.125. The Kier molecular flexibility index (Phi) is 6.06. The molecule has 2 amide bonds. The third-order valence-corrected chi connectivity index (χ3v) is 5.55. The number of nitrogens with zero attached hydrogens (tertiary/aromatic N) is 1. The minimum atomic E-state index is -0.310. The molecule has 0 atom stereocenters. The van der Waals surface area contributed by atoms with Crippen molar-refractivity contribution < 1.29 is 9.59 Å². The number of nitrogens with one attached hydrogen (secondary N) is 2. The van der Waals surface area contributed by atoms with Crippen LogP contribution in [-0.4, -0.2) is 23.3 Å². The van der Waals surface area contributed by atoms with Crippen LogP contribution in [0, 0.1) is 0 Å². The standard InChI is InChI=1S/C24H19N3O2S/c28-23(16-26-24(29)19-10-6-7-17-13-14-25-15-20(17)19)27-21-11-4-5-12-22(21)30-18-8-2-1-3-9-18/h1-15H,16H2,(H,26,29)(H,27,28). The average molecular weight is 414 g/mol. The SMILES string of the molecule is O=C(CNC(=O)c1cccc2ccncc12)Nc1ccccc1Sc1ccccc1. The second kappa shape index (κ2) is 9.24. The van der Waals surface area contributed by atoms with Gasteiger partial charge in [0, 0.05) is 33.1 Å². The molecule has 0 spiro atoms. The van der Waals surface area contributed by atoms with E-state index in [-0.39, 0.29) is 18.4 Å². The van der Waals surface area contributed by atoms with Gasteiger partial charge in [-0.15, -0.1) is 0 Å². The smallest absolute Gasteiger partial charge is 0.252 e. The molecular formula is C24H19N3O2S. The second-order valence-corrected chi connectivity index (χ2v) is 7.66. The van der Waals surface area contributed by atoms with Crippen molar-refractivity contribution >= 4 is 40.0 Å². The zero-order chi connectivity index (χ0) is 20.8. The molecule has 0 aliphatic heterocycles. The van der Waals surface area contributed by atoms with Gasteiger partial charge in [-0.2, -0.15) is 0 Å². The average Bonchev–Trinajstić information content (AvgIpc) is 2.79. The summed E-state index contributed by atoms with van der Waals surface area (Å²) in [7, 11) is 0. The molecule has 0 radical (unpaired) electrons. The van der Waals surface area contributed by atoms with Crippen molar-refractivity contribution in [2.75, 3.05) is 11.9 Å². The molecule has 0 bridgehead atoms. The first kappa shape index (κ1) is 19.7. The van der Waals surface area contributed by atoms with E-state index in [0.717, 1.165) is 20.6 Å². The van der Waals surface area contributed by atoms with Gasteiger partial charge < -0.3 is 10.6 Å². The van der Waals surface area contributed by atoms with E-state index in [9.17, 15) is 9.59 Å². The normalized spacial score (nSPS) is 10.5. The van der Waals surface area contributed by atoms with Crippen LogP contribution in [-0.2, 0) is 4.79 Å². The Morgan fingerprint density at radius 1 is 0.867 bits per heavy atom. The zero-order valence-corrected chi connectivity index (χ0v) is 16.9. The molecule has 3 aromatic carbocycles. The number of benzene rings is 3. The summed E-state index contributed by atoms with van der Waals surface area (Å²) in [6.07, 6.45) is 3.34. The first-order valence-corrected chi connectivity index (χ1v) is 10.2. The number of carbonyl (C=O) groups is 2. The summed E-state index contributed by atoms with van der Waals surface area (Å²) >= 11 is 1.57. The molecule has 1 heterocycles. The molecule has 0 saturated heterocycles. The van der Waals surface area contributed by atoms with Gasteiger partial charge in [0.05, 0.1) is 12.2 Å². The quantitative estimate of drug-likeness (QED) is 0.478. The third-order valence-electron chi connectivity index (χ3n) is 4.47. The Balaban J connectivity index is 1.41. The van der Waals surface area contributed by atoms with E-state index < -0.39 is 0 Å². The Hall–Kier alpha value is -3.64. The number of hydrogen-bond donors (Lipinski definition) is 2. The number of para-hydroxylation sites is 1. The van der Waals surface area contributed by atoms with Crippen molar-refractivity contribution in [3.05, 3.63) is 96.8 Å². The fourth-order valence-electron chi connectivity index (χ4n) is 3.04. The Morgan fingerprint density at radius 3 is 2.53 bits per heavy atom. The Labute approximate surface area is 178 Å². The van der Waals surface area contributed by atoms with Gasteiger partial charge in [0.25, 0.3) is 5.91 Å². The van der Waals surface area contributed by atoms with Crippen LogP contribution in [0.5, 0.6) is 0 Å². The predicted molar refractivity (Wildman–Crippen MR) is 120 cm³/mol. The number of amides is 2. The molecule has 0 saturated carbocycles. The lowest BCUT2D eigenvalue weighted by atomic mass is 10.1. The van der Waals surface area contributed by atoms with Gasteiger partial charge >= 0.3 is 0 Å². The van der Waals surface area contributed by atoms with Crippen molar-refractivity contribution in [3.63, 3.8) is 0 Å². The van der Waals surface area contributed by atoms with E-state index in [0.29, 0.717) is 11.3 Å². The van der Waals surface area contributed by atoms with Gasteiger partial charge in [0.15, 0.2) is 0 Å². The lowest BCUT2D eigenvalue weighted by molar-refractivity contribution is -0.115. The van der Waals surface area contributed by atoms with Crippen LogP contribution in [0.15, 0.2) is 101 Å². The monoisotopic (exact) mass is 413 g/mol. The van der Waals surface area contributed by atoms with E-state index in [2.05, 4.69) is 15.6 Å². The van der Waals surface area contributed by atoms with Crippen molar-refractivity contribution in [3.8, 4) is 0 Å². The minimum Gasteiger partial charge on any atom is -0.343 e. The van der Waals surface area contributed by atoms with E-state index in [1.165, 1.54) is 0 Å². The van der Waals surface area contributed by atoms with Crippen LogP contribution in [0.1, 0.15) is 10.4 Å². The molecule has 5 nitrogen and oxygen atoms in total. The summed E-state index contributed by atoms with van der Waals surface area (Å²) < 4.78 is 0. The van der Waals surface area contributed by atoms with Crippen LogP contribution in [0.4, 0.5) is 5.69 Å². The van der Waals surface area contributed by atoms with E-state index >= 15 is 0 Å². The topological polar surface area (TPSA) is 71.1 Å². The van der Waals surface area contributed by atoms with Crippen LogP contribution in [0.3, 0.4) is 0 Å². The summed E-state index contributed by atoms with van der Waals surface area (Å²) in [4.78, 5) is 31.2. The number of fused-ring (bicyclic) bond motifs is 1. The summed E-state index contributed by atoms with van der Waals surface area (Å²) in [5.41, 5.74) is 1.20. The van der Waals surface area contributed by atoms with Gasteiger partial charge in [-0.3, -0.25) is 14.6 Å². The molecular weight excluding hydrogens is 394 g/mol. The maximum absolute atomic E-state index is 12.6. The Bertz CT molecular complexity index is 1190. The molecule has 2 N–H and O–H groups in total. The molecule has 30 heavy (non-hydrogen) atoms. The van der Waals surface area contributed by atoms with E-state index in [4.69, 9.17) is 0 Å². The number of aromatic nitrogens is 1. The molecule has 0 fully saturated rings. The molecule has 1 aromatic heterocycles. The second-order valence-electron chi connectivity index (χ2n) is 6.54. The number of anilines is 1.